The van der Waals surface area contributed by atoms with E-state index in [1.165, 1.54) is 7.11 Å². The third kappa shape index (κ3) is 6.11. The molecule has 0 aliphatic heterocycles. The summed E-state index contributed by atoms with van der Waals surface area (Å²) in [6.45, 7) is 0.475. The minimum absolute atomic E-state index is 0.0500. The third-order valence-corrected chi connectivity index (χ3v) is 4.38. The van der Waals surface area contributed by atoms with Crippen molar-refractivity contribution in [1.82, 2.24) is 5.32 Å². The number of hydrogen-bond acceptors (Lipinski definition) is 4. The maximum Gasteiger partial charge on any atom is 0.337 e. The average Bonchev–Trinajstić information content (AvgIpc) is 2.66. The molecule has 6 heteroatoms. The largest absolute Gasteiger partial charge is 0.465 e. The summed E-state index contributed by atoms with van der Waals surface area (Å²) in [5, 5.41) is 2.81. The van der Waals surface area contributed by atoms with Gasteiger partial charge < -0.3 is 10.1 Å². The summed E-state index contributed by atoms with van der Waals surface area (Å²) < 4.78 is 5.56. The summed E-state index contributed by atoms with van der Waals surface area (Å²) in [4.78, 5) is 35.3. The van der Waals surface area contributed by atoms with Crippen molar-refractivity contribution in [2.45, 2.75) is 19.3 Å². The smallest absolute Gasteiger partial charge is 0.337 e. The van der Waals surface area contributed by atoms with Crippen LogP contribution in [0.4, 0.5) is 0 Å². The molecule has 26 heavy (non-hydrogen) atoms. The number of halogens is 1. The second-order valence-corrected chi connectivity index (χ2v) is 6.63. The van der Waals surface area contributed by atoms with Crippen LogP contribution in [0.15, 0.2) is 53.0 Å². The average molecular weight is 418 g/mol. The van der Waals surface area contributed by atoms with Gasteiger partial charge in [0.15, 0.2) is 5.78 Å². The van der Waals surface area contributed by atoms with Crippen LogP contribution in [-0.2, 0) is 16.0 Å². The van der Waals surface area contributed by atoms with E-state index in [0.29, 0.717) is 24.1 Å². The van der Waals surface area contributed by atoms with E-state index < -0.39 is 0 Å². The van der Waals surface area contributed by atoms with E-state index in [-0.39, 0.29) is 30.5 Å². The zero-order valence-electron chi connectivity index (χ0n) is 14.5. The van der Waals surface area contributed by atoms with Gasteiger partial charge in [0.1, 0.15) is 0 Å². The van der Waals surface area contributed by atoms with Gasteiger partial charge in [-0.1, -0.05) is 40.2 Å². The van der Waals surface area contributed by atoms with Gasteiger partial charge in [-0.3, -0.25) is 9.59 Å². The maximum absolute atomic E-state index is 12.0. The van der Waals surface area contributed by atoms with E-state index in [0.717, 1.165) is 10.0 Å². The van der Waals surface area contributed by atoms with Crippen molar-refractivity contribution in [3.63, 3.8) is 0 Å². The maximum atomic E-state index is 12.0. The van der Waals surface area contributed by atoms with E-state index in [1.54, 1.807) is 36.4 Å². The first kappa shape index (κ1) is 19.8. The SMILES string of the molecule is COC(=O)c1ccc(CCNC(=O)CCC(=O)c2ccc(Br)cc2)cc1. The normalized spacial score (nSPS) is 10.2. The number of ether oxygens (including phenoxy) is 1. The predicted molar refractivity (Wildman–Crippen MR) is 102 cm³/mol. The number of nitrogens with one attached hydrogen (secondary N) is 1. The van der Waals surface area contributed by atoms with E-state index in [2.05, 4.69) is 26.0 Å². The molecule has 0 saturated heterocycles. The molecule has 2 aromatic rings. The molecular weight excluding hydrogens is 398 g/mol. The zero-order valence-corrected chi connectivity index (χ0v) is 16.0. The molecule has 0 fully saturated rings. The number of ketones is 1. The van der Waals surface area contributed by atoms with Crippen molar-refractivity contribution >= 4 is 33.6 Å². The van der Waals surface area contributed by atoms with Crippen LogP contribution in [0.1, 0.15) is 39.1 Å². The summed E-state index contributed by atoms with van der Waals surface area (Å²) in [5.41, 5.74) is 2.10. The van der Waals surface area contributed by atoms with Gasteiger partial charge in [0.05, 0.1) is 12.7 Å². The van der Waals surface area contributed by atoms with E-state index in [1.807, 2.05) is 12.1 Å². The van der Waals surface area contributed by atoms with Gasteiger partial charge in [-0.05, 0) is 36.2 Å². The van der Waals surface area contributed by atoms with Crippen molar-refractivity contribution in [3.05, 3.63) is 69.7 Å². The summed E-state index contributed by atoms with van der Waals surface area (Å²) in [7, 11) is 1.34. The summed E-state index contributed by atoms with van der Waals surface area (Å²) in [5.74, 6) is -0.576. The van der Waals surface area contributed by atoms with E-state index in [4.69, 9.17) is 0 Å². The van der Waals surface area contributed by atoms with Gasteiger partial charge in [0.25, 0.3) is 0 Å². The Morgan fingerprint density at radius 3 is 2.15 bits per heavy atom. The first-order valence-corrected chi connectivity index (χ1v) is 9.01. The Morgan fingerprint density at radius 1 is 0.923 bits per heavy atom. The number of esters is 1. The van der Waals surface area contributed by atoms with Crippen LogP contribution < -0.4 is 5.32 Å². The summed E-state index contributed by atoms with van der Waals surface area (Å²) >= 11 is 3.32. The Bertz CT molecular complexity index is 769. The highest BCUT2D eigenvalue weighted by Gasteiger charge is 2.09. The van der Waals surface area contributed by atoms with Crippen molar-refractivity contribution in [2.24, 2.45) is 0 Å². The van der Waals surface area contributed by atoms with Gasteiger partial charge in [-0.2, -0.15) is 0 Å². The number of carbonyl (C=O) groups is 3. The van der Waals surface area contributed by atoms with E-state index in [9.17, 15) is 14.4 Å². The second-order valence-electron chi connectivity index (χ2n) is 5.72. The van der Waals surface area contributed by atoms with Crippen LogP contribution in [0.25, 0.3) is 0 Å². The Morgan fingerprint density at radius 2 is 1.54 bits per heavy atom. The molecular formula is C20H20BrNO4. The monoisotopic (exact) mass is 417 g/mol. The number of amides is 1. The van der Waals surface area contributed by atoms with Gasteiger partial charge in [-0.25, -0.2) is 4.79 Å². The Kier molecular flexibility index (Phi) is 7.53. The van der Waals surface area contributed by atoms with Gasteiger partial charge in [0.2, 0.25) is 5.91 Å². The molecule has 0 aliphatic carbocycles. The fraction of sp³-hybridized carbons (Fsp3) is 0.250. The molecule has 0 atom stereocenters. The molecule has 0 unspecified atom stereocenters. The zero-order chi connectivity index (χ0) is 18.9. The van der Waals surface area contributed by atoms with Crippen molar-refractivity contribution in [2.75, 3.05) is 13.7 Å². The van der Waals surface area contributed by atoms with Crippen molar-refractivity contribution in [3.8, 4) is 0 Å². The number of hydrogen-bond donors (Lipinski definition) is 1. The fourth-order valence-electron chi connectivity index (χ4n) is 2.37. The molecule has 1 amide bonds. The predicted octanol–water partition coefficient (Wildman–Crippen LogP) is 3.56. The van der Waals surface area contributed by atoms with Crippen LogP contribution in [0.5, 0.6) is 0 Å². The Labute approximate surface area is 160 Å². The van der Waals surface area contributed by atoms with E-state index >= 15 is 0 Å². The quantitative estimate of drug-likeness (QED) is 0.526. The summed E-state index contributed by atoms with van der Waals surface area (Å²) in [6, 6.07) is 14.1. The molecule has 0 heterocycles. The molecule has 0 radical (unpaired) electrons. The molecule has 0 aliphatic rings. The van der Waals surface area contributed by atoms with Gasteiger partial charge in [0, 0.05) is 29.4 Å². The molecule has 5 nitrogen and oxygen atoms in total. The van der Waals surface area contributed by atoms with Crippen LogP contribution in [0.2, 0.25) is 0 Å². The van der Waals surface area contributed by atoms with Crippen LogP contribution in [0.3, 0.4) is 0 Å². The number of benzene rings is 2. The van der Waals surface area contributed by atoms with Crippen LogP contribution in [0, 0.1) is 0 Å². The highest BCUT2D eigenvalue weighted by atomic mass is 79.9. The number of methoxy groups -OCH3 is 1. The fourth-order valence-corrected chi connectivity index (χ4v) is 2.63. The highest BCUT2D eigenvalue weighted by molar-refractivity contribution is 9.10. The van der Waals surface area contributed by atoms with Gasteiger partial charge >= 0.3 is 5.97 Å². The second kappa shape index (κ2) is 9.87. The third-order valence-electron chi connectivity index (χ3n) is 3.86. The first-order valence-electron chi connectivity index (χ1n) is 8.22. The van der Waals surface area contributed by atoms with Crippen LogP contribution in [-0.4, -0.2) is 31.3 Å². The van der Waals surface area contributed by atoms with Crippen molar-refractivity contribution < 1.29 is 19.1 Å². The minimum atomic E-state index is -0.375. The Balaban J connectivity index is 1.71. The molecule has 136 valence electrons. The first-order chi connectivity index (χ1) is 12.5. The lowest BCUT2D eigenvalue weighted by Crippen LogP contribution is -2.26. The van der Waals surface area contributed by atoms with Crippen molar-refractivity contribution in [1.29, 1.82) is 0 Å². The molecule has 0 saturated carbocycles. The lowest BCUT2D eigenvalue weighted by atomic mass is 10.1. The van der Waals surface area contributed by atoms with Gasteiger partial charge in [-0.15, -0.1) is 0 Å². The Hall–Kier alpha value is -2.47. The molecule has 2 rings (SSSR count). The number of rotatable bonds is 8. The molecule has 0 bridgehead atoms. The minimum Gasteiger partial charge on any atom is -0.465 e. The molecule has 2 aromatic carbocycles. The lowest BCUT2D eigenvalue weighted by molar-refractivity contribution is -0.121. The number of Topliss-reactive ketones (excluding diaryl/α,β-unsaturated/α-hetero) is 1. The lowest BCUT2D eigenvalue weighted by Gasteiger charge is -2.06. The van der Waals surface area contributed by atoms with Crippen LogP contribution >= 0.6 is 15.9 Å². The standard InChI is InChI=1S/C20H20BrNO4/c1-26-20(25)16-4-2-14(3-5-16)12-13-22-19(24)11-10-18(23)15-6-8-17(21)9-7-15/h2-9H,10-13H2,1H3,(H,22,24). The summed E-state index contributed by atoms with van der Waals surface area (Å²) in [6.07, 6.45) is 0.991. The molecule has 1 N–H and O–H groups in total. The number of carbonyl (C=O) groups excluding carboxylic acids is 3. The molecule has 0 aromatic heterocycles. The topological polar surface area (TPSA) is 72.5 Å². The highest BCUT2D eigenvalue weighted by Crippen LogP contribution is 2.12. The molecule has 0 spiro atoms.